The van der Waals surface area contributed by atoms with Gasteiger partial charge in [0.05, 0.1) is 13.2 Å². The second-order valence-electron chi connectivity index (χ2n) is 3.63. The highest BCUT2D eigenvalue weighted by Crippen LogP contribution is 1.90. The molecule has 0 atom stereocenters. The molecule has 0 radical (unpaired) electrons. The number of ether oxygens (including phenoxy) is 2. The lowest BCUT2D eigenvalue weighted by Gasteiger charge is -2.07. The summed E-state index contributed by atoms with van der Waals surface area (Å²) < 4.78 is 10.5. The van der Waals surface area contributed by atoms with Crippen LogP contribution in [0.15, 0.2) is 0 Å². The zero-order chi connectivity index (χ0) is 10.6. The maximum Gasteiger partial charge on any atom is 0.0700 e. The van der Waals surface area contributed by atoms with Crippen LogP contribution in [0, 0.1) is 0 Å². The van der Waals surface area contributed by atoms with Gasteiger partial charge in [0.25, 0.3) is 0 Å². The van der Waals surface area contributed by atoms with Crippen LogP contribution in [0.25, 0.3) is 0 Å². The molecule has 0 fully saturated rings. The Kier molecular flexibility index (Phi) is 10.9. The Morgan fingerprint density at radius 1 is 1.00 bits per heavy atom. The molecule has 0 unspecified atom stereocenters. The van der Waals surface area contributed by atoms with Gasteiger partial charge in [0.2, 0.25) is 0 Å². The zero-order valence-corrected chi connectivity index (χ0v) is 9.84. The average Bonchev–Trinajstić information content (AvgIpc) is 2.15. The first-order valence-corrected chi connectivity index (χ1v) is 5.66. The fraction of sp³-hybridized carbons (Fsp3) is 1.00. The molecule has 0 aromatic rings. The van der Waals surface area contributed by atoms with Crippen molar-refractivity contribution in [2.75, 3.05) is 33.0 Å². The van der Waals surface area contributed by atoms with E-state index in [-0.39, 0.29) is 0 Å². The van der Waals surface area contributed by atoms with Crippen LogP contribution in [0.1, 0.15) is 33.6 Å². The van der Waals surface area contributed by atoms with Gasteiger partial charge >= 0.3 is 0 Å². The van der Waals surface area contributed by atoms with Crippen molar-refractivity contribution in [3.8, 4) is 0 Å². The predicted molar refractivity (Wildman–Crippen MR) is 59.7 cm³/mol. The molecule has 0 saturated heterocycles. The molecule has 1 N–H and O–H groups in total. The molecular weight excluding hydrogens is 178 g/mol. The van der Waals surface area contributed by atoms with Crippen molar-refractivity contribution in [2.45, 2.75) is 39.7 Å². The van der Waals surface area contributed by atoms with Crippen LogP contribution < -0.4 is 5.32 Å². The van der Waals surface area contributed by atoms with Crippen molar-refractivity contribution in [1.29, 1.82) is 0 Å². The Morgan fingerprint density at radius 2 is 1.71 bits per heavy atom. The predicted octanol–water partition coefficient (Wildman–Crippen LogP) is 1.82. The highest BCUT2D eigenvalue weighted by Gasteiger charge is 1.92. The van der Waals surface area contributed by atoms with Crippen molar-refractivity contribution in [1.82, 2.24) is 5.32 Å². The Balaban J connectivity index is 2.85. The van der Waals surface area contributed by atoms with Crippen LogP contribution in [-0.2, 0) is 9.47 Å². The van der Waals surface area contributed by atoms with Gasteiger partial charge in [0, 0.05) is 19.3 Å². The largest absolute Gasteiger partial charge is 0.379 e. The van der Waals surface area contributed by atoms with Gasteiger partial charge in [-0.1, -0.05) is 13.8 Å². The summed E-state index contributed by atoms with van der Waals surface area (Å²) in [6, 6.07) is 0.592. The Morgan fingerprint density at radius 3 is 2.36 bits per heavy atom. The van der Waals surface area contributed by atoms with E-state index in [0.717, 1.165) is 39.4 Å². The molecule has 14 heavy (non-hydrogen) atoms. The Bertz CT molecular complexity index is 107. The number of unbranched alkanes of at least 4 members (excludes halogenated alkanes) is 1. The highest BCUT2D eigenvalue weighted by atomic mass is 16.5. The minimum absolute atomic E-state index is 0.592. The topological polar surface area (TPSA) is 30.5 Å². The summed E-state index contributed by atoms with van der Waals surface area (Å²) >= 11 is 0. The molecule has 86 valence electrons. The summed E-state index contributed by atoms with van der Waals surface area (Å²) in [5.41, 5.74) is 0. The highest BCUT2D eigenvalue weighted by molar-refractivity contribution is 4.52. The minimum Gasteiger partial charge on any atom is -0.379 e. The summed E-state index contributed by atoms with van der Waals surface area (Å²) in [6.45, 7) is 10.5. The molecule has 0 saturated carbocycles. The lowest BCUT2D eigenvalue weighted by Crippen LogP contribution is -2.23. The van der Waals surface area contributed by atoms with E-state index in [9.17, 15) is 0 Å². The summed E-state index contributed by atoms with van der Waals surface area (Å²) in [4.78, 5) is 0. The monoisotopic (exact) mass is 203 g/mol. The van der Waals surface area contributed by atoms with E-state index >= 15 is 0 Å². The maximum atomic E-state index is 5.39. The van der Waals surface area contributed by atoms with E-state index in [2.05, 4.69) is 19.2 Å². The van der Waals surface area contributed by atoms with Gasteiger partial charge in [0.15, 0.2) is 0 Å². The Hall–Kier alpha value is -0.120. The molecule has 0 spiro atoms. The second kappa shape index (κ2) is 11.0. The summed E-state index contributed by atoms with van der Waals surface area (Å²) in [7, 11) is 0. The maximum absolute atomic E-state index is 5.39. The lowest BCUT2D eigenvalue weighted by atomic mass is 10.3. The van der Waals surface area contributed by atoms with Gasteiger partial charge in [-0.25, -0.2) is 0 Å². The first-order chi connectivity index (χ1) is 6.77. The third kappa shape index (κ3) is 11.9. The second-order valence-corrected chi connectivity index (χ2v) is 3.63. The lowest BCUT2D eigenvalue weighted by molar-refractivity contribution is 0.0514. The van der Waals surface area contributed by atoms with Gasteiger partial charge in [-0.05, 0) is 26.3 Å². The fourth-order valence-corrected chi connectivity index (χ4v) is 1.08. The van der Waals surface area contributed by atoms with Crippen LogP contribution >= 0.6 is 0 Å². The van der Waals surface area contributed by atoms with Gasteiger partial charge in [-0.2, -0.15) is 0 Å². The summed E-state index contributed by atoms with van der Waals surface area (Å²) in [5.74, 6) is 0. The van der Waals surface area contributed by atoms with Gasteiger partial charge in [0.1, 0.15) is 0 Å². The molecule has 0 aromatic carbocycles. The number of hydrogen-bond donors (Lipinski definition) is 1. The smallest absolute Gasteiger partial charge is 0.0700 e. The van der Waals surface area contributed by atoms with Gasteiger partial charge in [-0.3, -0.25) is 0 Å². The third-order valence-corrected chi connectivity index (χ3v) is 1.84. The average molecular weight is 203 g/mol. The van der Waals surface area contributed by atoms with Crippen LogP contribution in [0.3, 0.4) is 0 Å². The van der Waals surface area contributed by atoms with Gasteiger partial charge < -0.3 is 14.8 Å². The van der Waals surface area contributed by atoms with E-state index < -0.39 is 0 Å². The first kappa shape index (κ1) is 13.9. The molecule has 0 heterocycles. The standard InChI is InChI=1S/C11H25NO2/c1-4-13-9-10-14-8-6-5-7-12-11(2)3/h11-12H,4-10H2,1-3H3. The van der Waals surface area contributed by atoms with E-state index in [1.54, 1.807) is 0 Å². The van der Waals surface area contributed by atoms with E-state index in [1.807, 2.05) is 6.92 Å². The van der Waals surface area contributed by atoms with Crippen molar-refractivity contribution in [3.05, 3.63) is 0 Å². The van der Waals surface area contributed by atoms with Crippen molar-refractivity contribution < 1.29 is 9.47 Å². The first-order valence-electron chi connectivity index (χ1n) is 5.66. The summed E-state index contributed by atoms with van der Waals surface area (Å²) in [5, 5.41) is 3.38. The van der Waals surface area contributed by atoms with E-state index in [4.69, 9.17) is 9.47 Å². The summed E-state index contributed by atoms with van der Waals surface area (Å²) in [6.07, 6.45) is 2.32. The minimum atomic E-state index is 0.592. The van der Waals surface area contributed by atoms with E-state index in [0.29, 0.717) is 6.04 Å². The molecule has 0 aliphatic rings. The molecule has 0 aliphatic heterocycles. The SMILES string of the molecule is CCOCCOCCCCNC(C)C. The molecular formula is C11H25NO2. The fourth-order valence-electron chi connectivity index (χ4n) is 1.08. The molecule has 0 amide bonds. The van der Waals surface area contributed by atoms with Crippen molar-refractivity contribution in [3.63, 3.8) is 0 Å². The normalized spacial score (nSPS) is 11.1. The molecule has 3 nitrogen and oxygen atoms in total. The van der Waals surface area contributed by atoms with E-state index in [1.165, 1.54) is 6.42 Å². The van der Waals surface area contributed by atoms with Crippen LogP contribution in [0.5, 0.6) is 0 Å². The quantitative estimate of drug-likeness (QED) is 0.549. The van der Waals surface area contributed by atoms with Crippen LogP contribution in [0.2, 0.25) is 0 Å². The molecule has 0 aliphatic carbocycles. The molecule has 3 heteroatoms. The molecule has 0 aromatic heterocycles. The third-order valence-electron chi connectivity index (χ3n) is 1.84. The Labute approximate surface area is 88.2 Å². The van der Waals surface area contributed by atoms with Crippen molar-refractivity contribution >= 4 is 0 Å². The number of rotatable bonds is 10. The van der Waals surface area contributed by atoms with Crippen molar-refractivity contribution in [2.24, 2.45) is 0 Å². The number of nitrogens with one attached hydrogen (secondary N) is 1. The van der Waals surface area contributed by atoms with Gasteiger partial charge in [-0.15, -0.1) is 0 Å². The number of hydrogen-bond acceptors (Lipinski definition) is 3. The molecule has 0 bridgehead atoms. The zero-order valence-electron chi connectivity index (χ0n) is 9.84. The van der Waals surface area contributed by atoms with Crippen LogP contribution in [-0.4, -0.2) is 39.0 Å². The van der Waals surface area contributed by atoms with Crippen LogP contribution in [0.4, 0.5) is 0 Å². The molecule has 0 rings (SSSR count).